The van der Waals surface area contributed by atoms with E-state index in [-0.39, 0.29) is 5.91 Å². The van der Waals surface area contributed by atoms with Gasteiger partial charge in [-0.05, 0) is 55.9 Å². The van der Waals surface area contributed by atoms with Crippen LogP contribution in [0.2, 0.25) is 0 Å². The summed E-state index contributed by atoms with van der Waals surface area (Å²) in [4.78, 5) is 11.9. The van der Waals surface area contributed by atoms with Gasteiger partial charge in [0.15, 0.2) is 0 Å². The normalized spacial score (nSPS) is 15.9. The highest BCUT2D eigenvalue weighted by Gasteiger charge is 2.50. The highest BCUT2D eigenvalue weighted by atomic mass is 16.2. The summed E-state index contributed by atoms with van der Waals surface area (Å²) in [7, 11) is 0. The van der Waals surface area contributed by atoms with Gasteiger partial charge in [0.2, 0.25) is 5.91 Å². The average molecular weight is 242 g/mol. The van der Waals surface area contributed by atoms with Crippen molar-refractivity contribution in [2.75, 3.05) is 0 Å². The number of rotatable bonds is 3. The van der Waals surface area contributed by atoms with Crippen LogP contribution in [0.4, 0.5) is 0 Å². The summed E-state index contributed by atoms with van der Waals surface area (Å²) in [6.07, 6.45) is 1.39. The van der Waals surface area contributed by atoms with Gasteiger partial charge in [-0.1, -0.05) is 12.1 Å². The third-order valence-electron chi connectivity index (χ3n) is 3.79. The minimum Gasteiger partial charge on any atom is -0.351 e. The van der Waals surface area contributed by atoms with Crippen LogP contribution >= 0.6 is 0 Å². The minimum absolute atomic E-state index is 0.123. The molecule has 0 unspecified atom stereocenters. The molecule has 1 aliphatic rings. The summed E-state index contributed by atoms with van der Waals surface area (Å²) in [5.74, 6) is -0.123. The highest BCUT2D eigenvalue weighted by Crippen LogP contribution is 2.45. The fourth-order valence-electron chi connectivity index (χ4n) is 2.07. The fraction of sp³-hybridized carbons (Fsp3) is 0.467. The van der Waals surface area contributed by atoms with E-state index in [1.54, 1.807) is 0 Å². The van der Waals surface area contributed by atoms with Gasteiger partial charge in [0.1, 0.15) is 5.41 Å². The van der Waals surface area contributed by atoms with Crippen molar-refractivity contribution in [3.8, 4) is 6.07 Å². The first-order valence-corrected chi connectivity index (χ1v) is 6.25. The lowest BCUT2D eigenvalue weighted by molar-refractivity contribution is -0.124. The molecule has 0 spiro atoms. The Kier molecular flexibility index (Phi) is 3.13. The molecule has 2 rings (SSSR count). The number of hydrogen-bond acceptors (Lipinski definition) is 2. The number of nitrogens with zero attached hydrogens (tertiary/aromatic N) is 1. The molecule has 0 aromatic heterocycles. The van der Waals surface area contributed by atoms with E-state index < -0.39 is 5.41 Å². The Bertz CT molecular complexity index is 536. The van der Waals surface area contributed by atoms with Crippen LogP contribution in [0.5, 0.6) is 0 Å². The molecule has 3 nitrogen and oxygen atoms in total. The Hall–Kier alpha value is -1.82. The molecule has 0 heterocycles. The first kappa shape index (κ1) is 12.6. The standard InChI is InChI=1S/C15H18N2O/c1-10-6-12(3)13(7-11(10)2)8-17-14(18)15(9-16)4-5-15/h6-7H,4-5,8H2,1-3H3,(H,17,18). The molecule has 1 saturated carbocycles. The minimum atomic E-state index is -0.729. The molecule has 1 aromatic carbocycles. The smallest absolute Gasteiger partial charge is 0.240 e. The molecule has 0 bridgehead atoms. The summed E-state index contributed by atoms with van der Waals surface area (Å²) in [6.45, 7) is 6.71. The first-order valence-electron chi connectivity index (χ1n) is 6.25. The molecule has 1 fully saturated rings. The molecule has 0 saturated heterocycles. The van der Waals surface area contributed by atoms with Gasteiger partial charge in [-0.2, -0.15) is 5.26 Å². The van der Waals surface area contributed by atoms with E-state index in [9.17, 15) is 4.79 Å². The zero-order valence-electron chi connectivity index (χ0n) is 11.1. The van der Waals surface area contributed by atoms with Crippen LogP contribution in [0.25, 0.3) is 0 Å². The van der Waals surface area contributed by atoms with Crippen molar-refractivity contribution in [2.24, 2.45) is 5.41 Å². The summed E-state index contributed by atoms with van der Waals surface area (Å²) >= 11 is 0. The zero-order chi connectivity index (χ0) is 13.3. The molecule has 94 valence electrons. The Labute approximate surface area is 108 Å². The number of amides is 1. The number of hydrogen-bond donors (Lipinski definition) is 1. The van der Waals surface area contributed by atoms with Crippen molar-refractivity contribution in [2.45, 2.75) is 40.2 Å². The predicted molar refractivity (Wildman–Crippen MR) is 69.8 cm³/mol. The van der Waals surface area contributed by atoms with E-state index in [1.807, 2.05) is 6.92 Å². The van der Waals surface area contributed by atoms with Crippen molar-refractivity contribution >= 4 is 5.91 Å². The average Bonchev–Trinajstić information content (AvgIpc) is 3.12. The molecular weight excluding hydrogens is 224 g/mol. The number of carbonyl (C=O) groups is 1. The molecule has 1 aliphatic carbocycles. The van der Waals surface area contributed by atoms with Crippen LogP contribution in [0.1, 0.15) is 35.1 Å². The summed E-state index contributed by atoms with van der Waals surface area (Å²) in [5.41, 5.74) is 4.07. The monoisotopic (exact) mass is 242 g/mol. The van der Waals surface area contributed by atoms with Crippen molar-refractivity contribution in [1.82, 2.24) is 5.32 Å². The predicted octanol–water partition coefficient (Wildman–Crippen LogP) is 2.53. The molecule has 0 aliphatic heterocycles. The molecule has 1 amide bonds. The van der Waals surface area contributed by atoms with Gasteiger partial charge in [0, 0.05) is 6.54 Å². The molecule has 3 heteroatoms. The van der Waals surface area contributed by atoms with Crippen LogP contribution in [0.15, 0.2) is 12.1 Å². The Balaban J connectivity index is 2.05. The van der Waals surface area contributed by atoms with Crippen molar-refractivity contribution in [3.63, 3.8) is 0 Å². The maximum absolute atomic E-state index is 11.9. The SMILES string of the molecule is Cc1cc(C)c(CNC(=O)C2(C#N)CC2)cc1C. The largest absolute Gasteiger partial charge is 0.351 e. The lowest BCUT2D eigenvalue weighted by Crippen LogP contribution is -2.30. The molecule has 0 atom stereocenters. The molecule has 0 radical (unpaired) electrons. The summed E-state index contributed by atoms with van der Waals surface area (Å²) < 4.78 is 0. The fourth-order valence-corrected chi connectivity index (χ4v) is 2.07. The molecule has 1 N–H and O–H groups in total. The quantitative estimate of drug-likeness (QED) is 0.885. The van der Waals surface area contributed by atoms with Gasteiger partial charge in [-0.3, -0.25) is 4.79 Å². The highest BCUT2D eigenvalue weighted by molar-refractivity contribution is 5.88. The van der Waals surface area contributed by atoms with E-state index in [4.69, 9.17) is 5.26 Å². The van der Waals surface area contributed by atoms with E-state index in [1.165, 1.54) is 16.7 Å². The number of carbonyl (C=O) groups excluding carboxylic acids is 1. The van der Waals surface area contributed by atoms with Crippen molar-refractivity contribution in [3.05, 3.63) is 34.4 Å². The molecule has 18 heavy (non-hydrogen) atoms. The number of nitriles is 1. The van der Waals surface area contributed by atoms with E-state index in [0.29, 0.717) is 19.4 Å². The maximum atomic E-state index is 11.9. The maximum Gasteiger partial charge on any atom is 0.240 e. The molecular formula is C15H18N2O. The molecule has 1 aromatic rings. The van der Waals surface area contributed by atoms with E-state index >= 15 is 0 Å². The van der Waals surface area contributed by atoms with Crippen LogP contribution in [0, 0.1) is 37.5 Å². The Morgan fingerprint density at radius 1 is 1.28 bits per heavy atom. The van der Waals surface area contributed by atoms with Crippen LogP contribution in [-0.2, 0) is 11.3 Å². The van der Waals surface area contributed by atoms with Gasteiger partial charge in [-0.25, -0.2) is 0 Å². The third-order valence-corrected chi connectivity index (χ3v) is 3.79. The lowest BCUT2D eigenvalue weighted by atomic mass is 10.0. The third kappa shape index (κ3) is 2.24. The van der Waals surface area contributed by atoms with Gasteiger partial charge < -0.3 is 5.32 Å². The van der Waals surface area contributed by atoms with Crippen molar-refractivity contribution in [1.29, 1.82) is 5.26 Å². The van der Waals surface area contributed by atoms with E-state index in [0.717, 1.165) is 5.56 Å². The Morgan fingerprint density at radius 3 is 2.44 bits per heavy atom. The second-order valence-electron chi connectivity index (χ2n) is 5.24. The van der Waals surface area contributed by atoms with Gasteiger partial charge in [0.05, 0.1) is 6.07 Å². The number of nitrogens with one attached hydrogen (secondary N) is 1. The van der Waals surface area contributed by atoms with Gasteiger partial charge in [-0.15, -0.1) is 0 Å². The van der Waals surface area contributed by atoms with Crippen LogP contribution < -0.4 is 5.32 Å². The lowest BCUT2D eigenvalue weighted by Gasteiger charge is -2.12. The topological polar surface area (TPSA) is 52.9 Å². The first-order chi connectivity index (χ1) is 8.48. The number of aryl methyl sites for hydroxylation is 3. The Morgan fingerprint density at radius 2 is 1.89 bits per heavy atom. The van der Waals surface area contributed by atoms with Crippen LogP contribution in [0.3, 0.4) is 0 Å². The summed E-state index contributed by atoms with van der Waals surface area (Å²) in [5, 5.41) is 11.8. The van der Waals surface area contributed by atoms with Gasteiger partial charge >= 0.3 is 0 Å². The zero-order valence-corrected chi connectivity index (χ0v) is 11.1. The second kappa shape index (κ2) is 4.45. The summed E-state index contributed by atoms with van der Waals surface area (Å²) in [6, 6.07) is 6.35. The van der Waals surface area contributed by atoms with Crippen molar-refractivity contribution < 1.29 is 4.79 Å². The second-order valence-corrected chi connectivity index (χ2v) is 5.24. The van der Waals surface area contributed by atoms with Crippen LogP contribution in [-0.4, -0.2) is 5.91 Å². The number of benzene rings is 1. The van der Waals surface area contributed by atoms with Gasteiger partial charge in [0.25, 0.3) is 0 Å². The van der Waals surface area contributed by atoms with E-state index in [2.05, 4.69) is 37.4 Å².